The van der Waals surface area contributed by atoms with E-state index in [9.17, 15) is 0 Å². The molecule has 94 valence electrons. The maximum Gasteiger partial charge on any atom is 0.599 e. The van der Waals surface area contributed by atoms with Gasteiger partial charge in [-0.2, -0.15) is 0 Å². The molecule has 0 radical (unpaired) electrons. The van der Waals surface area contributed by atoms with Crippen LogP contribution in [0, 0.1) is 0 Å². The lowest BCUT2D eigenvalue weighted by atomic mass is 9.90. The highest BCUT2D eigenvalue weighted by atomic mass is 16.7. The minimum atomic E-state index is -0.463. The summed E-state index contributed by atoms with van der Waals surface area (Å²) in [6.07, 6.45) is 3.45. The van der Waals surface area contributed by atoms with Gasteiger partial charge in [0.25, 0.3) is 0 Å². The van der Waals surface area contributed by atoms with Gasteiger partial charge in [0.05, 0.1) is 11.2 Å². The van der Waals surface area contributed by atoms with Gasteiger partial charge in [-0.05, 0) is 46.0 Å². The van der Waals surface area contributed by atoms with E-state index in [0.717, 1.165) is 11.5 Å². The van der Waals surface area contributed by atoms with Crippen molar-refractivity contribution in [2.75, 3.05) is 0 Å². The number of rotatable bonds is 1. The van der Waals surface area contributed by atoms with Crippen LogP contribution >= 0.6 is 0 Å². The summed E-state index contributed by atoms with van der Waals surface area (Å²) in [6.45, 7) is 8.13. The van der Waals surface area contributed by atoms with Crippen LogP contribution in [0.3, 0.4) is 0 Å². The van der Waals surface area contributed by atoms with Crippen LogP contribution in [0.5, 0.6) is 0 Å². The number of imidazole rings is 1. The minimum Gasteiger partial charge on any atom is -0.384 e. The zero-order chi connectivity index (χ0) is 13.0. The standard InChI is InChI=1S/C12H16BN3O2/c1-11(2)12(3,4)18-13(17-11)16-7-5-6-9-10(16)15-8-14-9/h5-8H,1-4H3. The quantitative estimate of drug-likeness (QED) is 0.719. The lowest BCUT2D eigenvalue weighted by molar-refractivity contribution is 0.00578. The summed E-state index contributed by atoms with van der Waals surface area (Å²) in [5.41, 5.74) is 0.131. The van der Waals surface area contributed by atoms with Gasteiger partial charge in [-0.15, -0.1) is 0 Å². The molecule has 5 nitrogen and oxygen atoms in total. The Morgan fingerprint density at radius 2 is 1.78 bits per heavy atom. The number of hydrogen-bond acceptors (Lipinski definition) is 4. The van der Waals surface area contributed by atoms with Crippen LogP contribution in [-0.4, -0.2) is 32.9 Å². The fourth-order valence-electron chi connectivity index (χ4n) is 1.98. The van der Waals surface area contributed by atoms with E-state index in [2.05, 4.69) is 9.97 Å². The van der Waals surface area contributed by atoms with Gasteiger partial charge in [0.2, 0.25) is 0 Å². The molecule has 0 spiro atoms. The molecular weight excluding hydrogens is 229 g/mol. The van der Waals surface area contributed by atoms with Gasteiger partial charge in [-0.25, -0.2) is 9.97 Å². The van der Waals surface area contributed by atoms with E-state index in [0.29, 0.717) is 0 Å². The lowest BCUT2D eigenvalue weighted by Gasteiger charge is -2.32. The van der Waals surface area contributed by atoms with Gasteiger partial charge in [0, 0.05) is 0 Å². The second-order valence-electron chi connectivity index (χ2n) is 5.56. The second kappa shape index (κ2) is 3.55. The van der Waals surface area contributed by atoms with E-state index >= 15 is 0 Å². The van der Waals surface area contributed by atoms with E-state index in [1.165, 1.54) is 0 Å². The third-order valence-corrected chi connectivity index (χ3v) is 3.82. The Hall–Kier alpha value is -1.40. The van der Waals surface area contributed by atoms with Gasteiger partial charge >= 0.3 is 7.25 Å². The Labute approximate surface area is 107 Å². The first-order valence-electron chi connectivity index (χ1n) is 6.04. The maximum atomic E-state index is 6.00. The number of aromatic nitrogens is 3. The topological polar surface area (TPSA) is 49.2 Å². The molecule has 0 aromatic carbocycles. The molecule has 3 rings (SSSR count). The predicted molar refractivity (Wildman–Crippen MR) is 68.1 cm³/mol. The van der Waals surface area contributed by atoms with E-state index in [4.69, 9.17) is 9.31 Å². The van der Waals surface area contributed by atoms with Gasteiger partial charge in [-0.1, -0.05) is 0 Å². The molecule has 0 unspecified atom stereocenters. The molecule has 0 aliphatic carbocycles. The van der Waals surface area contributed by atoms with Crippen molar-refractivity contribution in [3.63, 3.8) is 0 Å². The molecule has 6 heteroatoms. The van der Waals surface area contributed by atoms with Gasteiger partial charge in [-0.3, -0.25) is 0 Å². The van der Waals surface area contributed by atoms with Gasteiger partial charge in [0.1, 0.15) is 12.0 Å². The first-order valence-corrected chi connectivity index (χ1v) is 6.04. The molecule has 0 atom stereocenters. The molecule has 3 aliphatic heterocycles. The summed E-state index contributed by atoms with van der Waals surface area (Å²) >= 11 is 0. The first-order chi connectivity index (χ1) is 8.41. The Morgan fingerprint density at radius 3 is 2.44 bits per heavy atom. The fourth-order valence-corrected chi connectivity index (χ4v) is 1.98. The molecule has 3 heterocycles. The molecule has 0 amide bonds. The third-order valence-electron chi connectivity index (χ3n) is 3.82. The van der Waals surface area contributed by atoms with Gasteiger partial charge in [0.15, 0.2) is 5.82 Å². The fraction of sp³-hybridized carbons (Fsp3) is 0.500. The average Bonchev–Trinajstić information content (AvgIpc) is 2.81. The van der Waals surface area contributed by atoms with Crippen LogP contribution in [0.25, 0.3) is 11.5 Å². The Kier molecular flexibility index (Phi) is 2.31. The molecular formula is C12H16BN3O2. The summed E-state index contributed by atoms with van der Waals surface area (Å²) < 4.78 is 13.9. The van der Waals surface area contributed by atoms with Crippen LogP contribution in [0.2, 0.25) is 0 Å². The summed E-state index contributed by atoms with van der Waals surface area (Å²) in [5, 5.41) is 0. The SMILES string of the molecule is CC1(C)OB(n2cccc3ncnc2-3)OC1(C)C. The summed E-state index contributed by atoms with van der Waals surface area (Å²) in [7, 11) is -0.463. The highest BCUT2D eigenvalue weighted by Gasteiger charge is 2.53. The number of pyridine rings is 1. The molecule has 0 N–H and O–H groups in total. The Morgan fingerprint density at radius 1 is 1.11 bits per heavy atom. The maximum absolute atomic E-state index is 6.00. The van der Waals surface area contributed by atoms with Crippen LogP contribution in [0.15, 0.2) is 24.7 Å². The van der Waals surface area contributed by atoms with E-state index in [1.807, 2.05) is 50.5 Å². The summed E-state index contributed by atoms with van der Waals surface area (Å²) in [6, 6.07) is 3.84. The minimum absolute atomic E-state index is 0.354. The van der Waals surface area contributed by atoms with Crippen molar-refractivity contribution in [2.45, 2.75) is 38.9 Å². The zero-order valence-electron chi connectivity index (χ0n) is 11.0. The van der Waals surface area contributed by atoms with E-state index in [1.54, 1.807) is 6.33 Å². The van der Waals surface area contributed by atoms with Crippen LogP contribution in [0.1, 0.15) is 27.7 Å². The molecule has 0 saturated carbocycles. The Balaban J connectivity index is 2.01. The normalized spacial score (nSPS) is 21.7. The lowest BCUT2D eigenvalue weighted by Crippen LogP contribution is -2.41. The number of hydrogen-bond donors (Lipinski definition) is 0. The number of fused-ring (bicyclic) bond motifs is 1. The first kappa shape index (κ1) is 11.7. The molecule has 0 bridgehead atoms. The molecule has 0 aromatic heterocycles. The monoisotopic (exact) mass is 245 g/mol. The van der Waals surface area contributed by atoms with Crippen LogP contribution in [0.4, 0.5) is 0 Å². The van der Waals surface area contributed by atoms with Crippen LogP contribution in [-0.2, 0) is 9.31 Å². The third kappa shape index (κ3) is 1.56. The van der Waals surface area contributed by atoms with Crippen molar-refractivity contribution >= 4 is 7.25 Å². The van der Waals surface area contributed by atoms with E-state index < -0.39 is 7.25 Å². The average molecular weight is 245 g/mol. The predicted octanol–water partition coefficient (Wildman–Crippen LogP) is 1.82. The molecule has 3 aliphatic rings. The summed E-state index contributed by atoms with van der Waals surface area (Å²) in [4.78, 5) is 8.43. The van der Waals surface area contributed by atoms with Crippen molar-refractivity contribution in [3.8, 4) is 11.5 Å². The molecule has 0 aromatic rings. The molecule has 1 saturated heterocycles. The van der Waals surface area contributed by atoms with Crippen molar-refractivity contribution < 1.29 is 9.31 Å². The van der Waals surface area contributed by atoms with E-state index in [-0.39, 0.29) is 11.2 Å². The highest BCUT2D eigenvalue weighted by Crippen LogP contribution is 2.37. The summed E-state index contributed by atoms with van der Waals surface area (Å²) in [5.74, 6) is 0.774. The smallest absolute Gasteiger partial charge is 0.384 e. The van der Waals surface area contributed by atoms with Crippen molar-refractivity contribution in [2.24, 2.45) is 0 Å². The molecule has 1 fully saturated rings. The van der Waals surface area contributed by atoms with Crippen molar-refractivity contribution in [3.05, 3.63) is 24.7 Å². The van der Waals surface area contributed by atoms with Crippen molar-refractivity contribution in [1.82, 2.24) is 14.4 Å². The zero-order valence-corrected chi connectivity index (χ0v) is 11.0. The molecule has 18 heavy (non-hydrogen) atoms. The largest absolute Gasteiger partial charge is 0.599 e. The second-order valence-corrected chi connectivity index (χ2v) is 5.56. The van der Waals surface area contributed by atoms with Crippen molar-refractivity contribution in [1.29, 1.82) is 0 Å². The van der Waals surface area contributed by atoms with Gasteiger partial charge < -0.3 is 13.8 Å². The highest BCUT2D eigenvalue weighted by molar-refractivity contribution is 6.44. The Bertz CT molecular complexity index is 536. The number of nitrogens with zero attached hydrogens (tertiary/aromatic N) is 3. The van der Waals surface area contributed by atoms with Crippen LogP contribution < -0.4 is 0 Å².